The van der Waals surface area contributed by atoms with Gasteiger partial charge in [0.2, 0.25) is 0 Å². The van der Waals surface area contributed by atoms with Crippen LogP contribution in [0, 0.1) is 5.92 Å². The highest BCUT2D eigenvalue weighted by Crippen LogP contribution is 2.25. The van der Waals surface area contributed by atoms with Crippen molar-refractivity contribution in [2.45, 2.75) is 84.3 Å². The number of hydrogen-bond donors (Lipinski definition) is 2. The van der Waals surface area contributed by atoms with E-state index in [9.17, 15) is 4.79 Å². The van der Waals surface area contributed by atoms with Crippen LogP contribution in [0.4, 0.5) is 4.79 Å². The Bertz CT molecular complexity index is 315. The average Bonchev–Trinajstić information content (AvgIpc) is 2.36. The lowest BCUT2D eigenvalue weighted by Gasteiger charge is -2.29. The highest BCUT2D eigenvalue weighted by atomic mass is 16.6. The summed E-state index contributed by atoms with van der Waals surface area (Å²) in [6.07, 6.45) is 7.88. The van der Waals surface area contributed by atoms with E-state index in [4.69, 9.17) is 4.74 Å². The lowest BCUT2D eigenvalue weighted by molar-refractivity contribution is 0.0513. The Hall–Kier alpha value is -0.770. The molecule has 0 saturated heterocycles. The van der Waals surface area contributed by atoms with Crippen LogP contribution in [0.3, 0.4) is 0 Å². The molecule has 0 radical (unpaired) electrons. The second kappa shape index (κ2) is 8.02. The van der Waals surface area contributed by atoms with Crippen molar-refractivity contribution in [3.8, 4) is 0 Å². The van der Waals surface area contributed by atoms with Crippen LogP contribution in [-0.4, -0.2) is 30.3 Å². The summed E-state index contributed by atoms with van der Waals surface area (Å²) in [5, 5.41) is 6.40. The molecule has 1 rings (SSSR count). The van der Waals surface area contributed by atoms with Gasteiger partial charge in [-0.25, -0.2) is 4.79 Å². The third-order valence-corrected chi connectivity index (χ3v) is 3.95. The molecule has 0 atom stereocenters. The van der Waals surface area contributed by atoms with Crippen LogP contribution in [0.15, 0.2) is 0 Å². The summed E-state index contributed by atoms with van der Waals surface area (Å²) in [5.41, 5.74) is -0.547. The smallest absolute Gasteiger partial charge is 0.407 e. The highest BCUT2D eigenvalue weighted by molar-refractivity contribution is 5.67. The summed E-state index contributed by atoms with van der Waals surface area (Å²) in [6.45, 7) is 11.5. The lowest BCUT2D eigenvalue weighted by Crippen LogP contribution is -2.50. The number of hydrogen-bond acceptors (Lipinski definition) is 3. The topological polar surface area (TPSA) is 50.4 Å². The van der Waals surface area contributed by atoms with Crippen LogP contribution >= 0.6 is 0 Å². The fourth-order valence-corrected chi connectivity index (χ4v) is 2.76. The molecular weight excluding hydrogens is 264 g/mol. The zero-order valence-electron chi connectivity index (χ0n) is 14.6. The van der Waals surface area contributed by atoms with Crippen LogP contribution < -0.4 is 10.6 Å². The first-order chi connectivity index (χ1) is 9.68. The number of alkyl carbamates (subject to hydrolysis) is 1. The maximum atomic E-state index is 11.7. The average molecular weight is 298 g/mol. The molecule has 4 heteroatoms. The molecule has 0 spiro atoms. The summed E-state index contributed by atoms with van der Waals surface area (Å²) in [6, 6.07) is 0. The molecule has 2 N–H and O–H groups in total. The maximum Gasteiger partial charge on any atom is 0.407 e. The molecule has 1 fully saturated rings. The van der Waals surface area contributed by atoms with Crippen molar-refractivity contribution in [3.63, 3.8) is 0 Å². The number of amides is 1. The number of rotatable bonds is 6. The Morgan fingerprint density at radius 1 is 1.10 bits per heavy atom. The SMILES string of the molecule is CC(C)(CNC(=O)OC(C)(C)C)NCCC1CCCCC1. The van der Waals surface area contributed by atoms with Crippen molar-refractivity contribution in [2.24, 2.45) is 5.92 Å². The Balaban J connectivity index is 2.18. The number of carbonyl (C=O) groups excluding carboxylic acids is 1. The monoisotopic (exact) mass is 298 g/mol. The van der Waals surface area contributed by atoms with E-state index in [0.29, 0.717) is 6.54 Å². The summed E-state index contributed by atoms with van der Waals surface area (Å²) in [5.74, 6) is 0.890. The summed E-state index contributed by atoms with van der Waals surface area (Å²) < 4.78 is 5.25. The molecule has 21 heavy (non-hydrogen) atoms. The van der Waals surface area contributed by atoms with Gasteiger partial charge in [-0.1, -0.05) is 32.1 Å². The fraction of sp³-hybridized carbons (Fsp3) is 0.941. The van der Waals surface area contributed by atoms with Gasteiger partial charge in [-0.05, 0) is 53.5 Å². The van der Waals surface area contributed by atoms with Crippen molar-refractivity contribution in [1.29, 1.82) is 0 Å². The number of nitrogens with one attached hydrogen (secondary N) is 2. The molecule has 0 aromatic heterocycles. The van der Waals surface area contributed by atoms with Crippen molar-refractivity contribution in [1.82, 2.24) is 10.6 Å². The molecule has 1 aliphatic rings. The van der Waals surface area contributed by atoms with Gasteiger partial charge in [-0.15, -0.1) is 0 Å². The Kier molecular flexibility index (Phi) is 6.98. The number of ether oxygens (including phenoxy) is 1. The second-order valence-electron chi connectivity index (χ2n) is 7.96. The van der Waals surface area contributed by atoms with Crippen molar-refractivity contribution in [3.05, 3.63) is 0 Å². The molecule has 0 bridgehead atoms. The molecule has 1 amide bonds. The first-order valence-electron chi connectivity index (χ1n) is 8.40. The summed E-state index contributed by atoms with van der Waals surface area (Å²) in [4.78, 5) is 11.7. The quantitative estimate of drug-likeness (QED) is 0.783. The van der Waals surface area contributed by atoms with Crippen molar-refractivity contribution >= 4 is 6.09 Å². The van der Waals surface area contributed by atoms with Gasteiger partial charge in [-0.3, -0.25) is 0 Å². The van der Waals surface area contributed by atoms with Gasteiger partial charge in [0.1, 0.15) is 5.60 Å². The third kappa shape index (κ3) is 8.97. The predicted octanol–water partition coefficient (Wildman–Crippen LogP) is 3.85. The minimum Gasteiger partial charge on any atom is -0.444 e. The first kappa shape index (κ1) is 18.3. The standard InChI is InChI=1S/C17H34N2O2/c1-16(2,3)21-15(20)18-13-17(4,5)19-12-11-14-9-7-6-8-10-14/h14,19H,6-13H2,1-5H3,(H,18,20). The molecule has 124 valence electrons. The predicted molar refractivity (Wildman–Crippen MR) is 87.5 cm³/mol. The number of carbonyl (C=O) groups is 1. The minimum atomic E-state index is -0.442. The molecular formula is C17H34N2O2. The molecule has 4 nitrogen and oxygen atoms in total. The maximum absolute atomic E-state index is 11.7. The summed E-state index contributed by atoms with van der Waals surface area (Å²) in [7, 11) is 0. The third-order valence-electron chi connectivity index (χ3n) is 3.95. The van der Waals surface area contributed by atoms with E-state index in [2.05, 4.69) is 24.5 Å². The van der Waals surface area contributed by atoms with Crippen LogP contribution in [0.25, 0.3) is 0 Å². The molecule has 1 aliphatic carbocycles. The van der Waals surface area contributed by atoms with Crippen molar-refractivity contribution < 1.29 is 9.53 Å². The van der Waals surface area contributed by atoms with Gasteiger partial charge in [0, 0.05) is 12.1 Å². The molecule has 0 aromatic carbocycles. The van der Waals surface area contributed by atoms with Crippen LogP contribution in [0.1, 0.15) is 73.1 Å². The van der Waals surface area contributed by atoms with E-state index in [-0.39, 0.29) is 11.6 Å². The Labute approximate surface area is 130 Å². The second-order valence-corrected chi connectivity index (χ2v) is 7.96. The van der Waals surface area contributed by atoms with E-state index in [1.807, 2.05) is 20.8 Å². The lowest BCUT2D eigenvalue weighted by atomic mass is 9.87. The fourth-order valence-electron chi connectivity index (χ4n) is 2.76. The largest absolute Gasteiger partial charge is 0.444 e. The van der Waals surface area contributed by atoms with E-state index in [0.717, 1.165) is 12.5 Å². The van der Waals surface area contributed by atoms with Gasteiger partial charge in [0.25, 0.3) is 0 Å². The molecule has 0 aromatic rings. The summed E-state index contributed by atoms with van der Waals surface area (Å²) >= 11 is 0. The minimum absolute atomic E-state index is 0.106. The zero-order chi connectivity index (χ0) is 15.9. The zero-order valence-corrected chi connectivity index (χ0v) is 14.6. The van der Waals surface area contributed by atoms with Crippen LogP contribution in [-0.2, 0) is 4.74 Å². The van der Waals surface area contributed by atoms with E-state index < -0.39 is 5.60 Å². The first-order valence-corrected chi connectivity index (χ1v) is 8.40. The van der Waals surface area contributed by atoms with Gasteiger partial charge in [-0.2, -0.15) is 0 Å². The van der Waals surface area contributed by atoms with Gasteiger partial charge >= 0.3 is 6.09 Å². The van der Waals surface area contributed by atoms with Crippen LogP contribution in [0.2, 0.25) is 0 Å². The molecule has 0 heterocycles. The van der Waals surface area contributed by atoms with Gasteiger partial charge in [0.05, 0.1) is 0 Å². The molecule has 0 unspecified atom stereocenters. The van der Waals surface area contributed by atoms with E-state index in [1.165, 1.54) is 38.5 Å². The van der Waals surface area contributed by atoms with Gasteiger partial charge in [0.15, 0.2) is 0 Å². The Morgan fingerprint density at radius 2 is 1.71 bits per heavy atom. The Morgan fingerprint density at radius 3 is 2.29 bits per heavy atom. The van der Waals surface area contributed by atoms with Gasteiger partial charge < -0.3 is 15.4 Å². The van der Waals surface area contributed by atoms with E-state index in [1.54, 1.807) is 0 Å². The van der Waals surface area contributed by atoms with Crippen LogP contribution in [0.5, 0.6) is 0 Å². The highest BCUT2D eigenvalue weighted by Gasteiger charge is 2.22. The molecule has 0 aliphatic heterocycles. The molecule has 1 saturated carbocycles. The normalized spacial score (nSPS) is 17.6. The van der Waals surface area contributed by atoms with E-state index >= 15 is 0 Å². The van der Waals surface area contributed by atoms with Crippen molar-refractivity contribution in [2.75, 3.05) is 13.1 Å².